The van der Waals surface area contributed by atoms with Crippen LogP contribution in [-0.2, 0) is 27.2 Å². The fourth-order valence-electron chi connectivity index (χ4n) is 4.50. The lowest BCUT2D eigenvalue weighted by Crippen LogP contribution is -2.55. The van der Waals surface area contributed by atoms with Gasteiger partial charge >= 0.3 is 0 Å². The number of rotatable bonds is 10. The van der Waals surface area contributed by atoms with E-state index in [2.05, 4.69) is 16.0 Å². The Balaban J connectivity index is 1.57. The number of nitrogens with zero attached hydrogens (tertiary/aromatic N) is 1. The van der Waals surface area contributed by atoms with Crippen LogP contribution in [0.4, 0.5) is 0 Å². The molecule has 0 bridgehead atoms. The Morgan fingerprint density at radius 3 is 2.32 bits per heavy atom. The first-order valence-electron chi connectivity index (χ1n) is 12.6. The van der Waals surface area contributed by atoms with Gasteiger partial charge in [0.1, 0.15) is 12.1 Å². The van der Waals surface area contributed by atoms with E-state index in [0.29, 0.717) is 18.8 Å². The molecule has 1 aliphatic heterocycles. The number of likely N-dealkylation sites (N-methyl/N-ethyl adjacent to an activating group) is 2. The maximum absolute atomic E-state index is 13.8. The van der Waals surface area contributed by atoms with Gasteiger partial charge in [-0.25, -0.2) is 0 Å². The maximum atomic E-state index is 13.8. The van der Waals surface area contributed by atoms with Gasteiger partial charge in [-0.1, -0.05) is 78.9 Å². The van der Waals surface area contributed by atoms with Gasteiger partial charge < -0.3 is 20.9 Å². The molecule has 3 aromatic carbocycles. The van der Waals surface area contributed by atoms with Crippen molar-refractivity contribution in [3.05, 3.63) is 96.1 Å². The molecule has 192 valence electrons. The van der Waals surface area contributed by atoms with Crippen molar-refractivity contribution in [2.75, 3.05) is 27.2 Å². The quantitative estimate of drug-likeness (QED) is 0.375. The minimum Gasteiger partial charge on any atom is -0.357 e. The van der Waals surface area contributed by atoms with Crippen molar-refractivity contribution in [3.63, 3.8) is 0 Å². The van der Waals surface area contributed by atoms with Gasteiger partial charge in [0.25, 0.3) is 0 Å². The SMILES string of the molecule is CNC(=O)[C@@H](Cc1ccccc1)N(C)C(=O)[C@@H](Cc1ccc2ccccc2c1)NC(=O)/C=C/C1CNC1. The van der Waals surface area contributed by atoms with Crippen LogP contribution in [0.3, 0.4) is 0 Å². The second kappa shape index (κ2) is 12.3. The van der Waals surface area contributed by atoms with E-state index in [1.165, 1.54) is 11.0 Å². The Hall–Kier alpha value is -3.97. The normalized spacial score (nSPS) is 15.1. The number of carbonyl (C=O) groups excluding carboxylic acids is 3. The van der Waals surface area contributed by atoms with Crippen molar-refractivity contribution in [2.45, 2.75) is 24.9 Å². The van der Waals surface area contributed by atoms with Crippen molar-refractivity contribution in [3.8, 4) is 0 Å². The highest BCUT2D eigenvalue weighted by atomic mass is 16.2. The number of hydrogen-bond acceptors (Lipinski definition) is 4. The van der Waals surface area contributed by atoms with Gasteiger partial charge in [-0.05, 0) is 28.0 Å². The van der Waals surface area contributed by atoms with Crippen LogP contribution in [0.2, 0.25) is 0 Å². The van der Waals surface area contributed by atoms with Crippen LogP contribution < -0.4 is 16.0 Å². The van der Waals surface area contributed by atoms with Crippen LogP contribution in [0.25, 0.3) is 10.8 Å². The number of amides is 3. The minimum atomic E-state index is -0.828. The van der Waals surface area contributed by atoms with E-state index in [4.69, 9.17) is 0 Å². The molecule has 37 heavy (non-hydrogen) atoms. The molecule has 4 rings (SSSR count). The van der Waals surface area contributed by atoms with Crippen LogP contribution in [0, 0.1) is 5.92 Å². The minimum absolute atomic E-state index is 0.257. The van der Waals surface area contributed by atoms with Gasteiger partial charge in [0, 0.05) is 45.9 Å². The van der Waals surface area contributed by atoms with Crippen molar-refractivity contribution >= 4 is 28.5 Å². The summed E-state index contributed by atoms with van der Waals surface area (Å²) in [5, 5.41) is 10.9. The lowest BCUT2D eigenvalue weighted by atomic mass is 9.99. The average molecular weight is 499 g/mol. The Bertz CT molecular complexity index is 1270. The average Bonchev–Trinajstić information content (AvgIpc) is 2.89. The van der Waals surface area contributed by atoms with Gasteiger partial charge in [-0.2, -0.15) is 0 Å². The molecule has 1 fully saturated rings. The molecule has 0 aliphatic carbocycles. The molecule has 0 unspecified atom stereocenters. The summed E-state index contributed by atoms with van der Waals surface area (Å²) in [6.07, 6.45) is 4.06. The largest absolute Gasteiger partial charge is 0.357 e. The molecule has 3 N–H and O–H groups in total. The molecule has 0 aromatic heterocycles. The van der Waals surface area contributed by atoms with E-state index in [1.54, 1.807) is 14.1 Å². The predicted molar refractivity (Wildman–Crippen MR) is 146 cm³/mol. The van der Waals surface area contributed by atoms with Gasteiger partial charge in [0.15, 0.2) is 0 Å². The predicted octanol–water partition coefficient (Wildman–Crippen LogP) is 2.46. The smallest absolute Gasteiger partial charge is 0.245 e. The summed E-state index contributed by atoms with van der Waals surface area (Å²) < 4.78 is 0. The fraction of sp³-hybridized carbons (Fsp3) is 0.300. The molecule has 7 nitrogen and oxygen atoms in total. The Labute approximate surface area is 217 Å². The molecule has 0 saturated carbocycles. The summed E-state index contributed by atoms with van der Waals surface area (Å²) in [5.41, 5.74) is 1.88. The second-order valence-electron chi connectivity index (χ2n) is 9.49. The van der Waals surface area contributed by atoms with Crippen LogP contribution in [-0.4, -0.2) is 61.9 Å². The highest BCUT2D eigenvalue weighted by Crippen LogP contribution is 2.18. The summed E-state index contributed by atoms with van der Waals surface area (Å²) >= 11 is 0. The zero-order valence-electron chi connectivity index (χ0n) is 21.3. The van der Waals surface area contributed by atoms with Gasteiger partial charge in [0.2, 0.25) is 17.7 Å². The maximum Gasteiger partial charge on any atom is 0.245 e. The number of fused-ring (bicyclic) bond motifs is 1. The van der Waals surface area contributed by atoms with Gasteiger partial charge in [-0.3, -0.25) is 14.4 Å². The molecule has 2 atom stereocenters. The highest BCUT2D eigenvalue weighted by Gasteiger charge is 2.32. The van der Waals surface area contributed by atoms with Gasteiger partial charge in [0.05, 0.1) is 0 Å². The standard InChI is InChI=1S/C30H34N4O3/c1-31-29(36)27(18-21-8-4-3-5-9-21)34(2)30(37)26(33-28(35)15-13-23-19-32-20-23)17-22-12-14-24-10-6-7-11-25(24)16-22/h3-16,23,26-27,32H,17-20H2,1-2H3,(H,31,36)(H,33,35)/b15-13+/t26-,27-/m1/s1. The molecule has 7 heteroatoms. The van der Waals surface area contributed by atoms with Crippen LogP contribution in [0.15, 0.2) is 84.9 Å². The molecule has 3 amide bonds. The Kier molecular flexibility index (Phi) is 8.69. The molecule has 0 radical (unpaired) electrons. The Morgan fingerprint density at radius 2 is 1.65 bits per heavy atom. The zero-order chi connectivity index (χ0) is 26.2. The monoisotopic (exact) mass is 498 g/mol. The summed E-state index contributed by atoms with van der Waals surface area (Å²) in [4.78, 5) is 40.9. The highest BCUT2D eigenvalue weighted by molar-refractivity contribution is 5.95. The van der Waals surface area contributed by atoms with Gasteiger partial charge in [-0.15, -0.1) is 0 Å². The summed E-state index contributed by atoms with van der Waals surface area (Å²) in [6, 6.07) is 22.1. The zero-order valence-corrected chi connectivity index (χ0v) is 21.3. The third-order valence-corrected chi connectivity index (χ3v) is 6.84. The number of hydrogen-bond donors (Lipinski definition) is 3. The first kappa shape index (κ1) is 26.1. The third-order valence-electron chi connectivity index (χ3n) is 6.84. The van der Waals surface area contributed by atoms with Crippen LogP contribution in [0.1, 0.15) is 11.1 Å². The third kappa shape index (κ3) is 6.83. The molecule has 1 saturated heterocycles. The molecular weight excluding hydrogens is 464 g/mol. The molecule has 1 aliphatic rings. The van der Waals surface area contributed by atoms with E-state index in [0.717, 1.165) is 35.0 Å². The van der Waals surface area contributed by atoms with E-state index in [9.17, 15) is 14.4 Å². The van der Waals surface area contributed by atoms with Crippen LogP contribution >= 0.6 is 0 Å². The molecule has 3 aromatic rings. The number of benzene rings is 3. The van der Waals surface area contributed by atoms with E-state index >= 15 is 0 Å². The molecular formula is C30H34N4O3. The lowest BCUT2D eigenvalue weighted by Gasteiger charge is -2.31. The summed E-state index contributed by atoms with van der Waals surface area (Å²) in [5.74, 6) is -0.567. The molecule has 0 spiro atoms. The Morgan fingerprint density at radius 1 is 0.946 bits per heavy atom. The summed E-state index contributed by atoms with van der Waals surface area (Å²) in [7, 11) is 3.19. The lowest BCUT2D eigenvalue weighted by molar-refractivity contribution is -0.141. The fourth-order valence-corrected chi connectivity index (χ4v) is 4.50. The van der Waals surface area contributed by atoms with Crippen molar-refractivity contribution in [1.82, 2.24) is 20.9 Å². The number of nitrogens with one attached hydrogen (secondary N) is 3. The van der Waals surface area contributed by atoms with E-state index < -0.39 is 12.1 Å². The first-order valence-corrected chi connectivity index (χ1v) is 12.6. The van der Waals surface area contributed by atoms with Crippen LogP contribution in [0.5, 0.6) is 0 Å². The first-order chi connectivity index (χ1) is 17.9. The van der Waals surface area contributed by atoms with Crippen molar-refractivity contribution in [2.24, 2.45) is 5.92 Å². The van der Waals surface area contributed by atoms with Crippen molar-refractivity contribution in [1.29, 1.82) is 0 Å². The van der Waals surface area contributed by atoms with E-state index in [1.807, 2.05) is 78.9 Å². The van der Waals surface area contributed by atoms with Crippen molar-refractivity contribution < 1.29 is 14.4 Å². The van der Waals surface area contributed by atoms with E-state index in [-0.39, 0.29) is 17.7 Å². The second-order valence-corrected chi connectivity index (χ2v) is 9.49. The topological polar surface area (TPSA) is 90.5 Å². The molecule has 1 heterocycles. The number of carbonyl (C=O) groups is 3. The summed E-state index contributed by atoms with van der Waals surface area (Å²) in [6.45, 7) is 1.69.